The minimum atomic E-state index is -4.19. The number of aliphatic imine (C=N–C) groups is 1. The van der Waals surface area contributed by atoms with Crippen LogP contribution in [0.1, 0.15) is 12.0 Å². The van der Waals surface area contributed by atoms with E-state index >= 15 is 0 Å². The van der Waals surface area contributed by atoms with Crippen molar-refractivity contribution in [2.45, 2.75) is 30.1 Å². The third kappa shape index (κ3) is 6.35. The number of rotatable bonds is 6. The lowest BCUT2D eigenvalue weighted by Gasteiger charge is -2.20. The highest BCUT2D eigenvalue weighted by molar-refractivity contribution is 7.89. The molecule has 0 spiro atoms. The Balaban J connectivity index is 1.86. The molecule has 1 aromatic rings. The first-order valence-corrected chi connectivity index (χ1v) is 10.2. The van der Waals surface area contributed by atoms with Crippen molar-refractivity contribution in [2.75, 3.05) is 40.8 Å². The SMILES string of the molecule is CN=C(NCc1ccc(S(=O)(=O)N(C)C)cc1)NC1CCN(CC(F)(F)F)C1. The van der Waals surface area contributed by atoms with E-state index < -0.39 is 22.7 Å². The predicted molar refractivity (Wildman–Crippen MR) is 102 cm³/mol. The Morgan fingerprint density at radius 1 is 1.29 bits per heavy atom. The molecule has 2 rings (SSSR count). The second-order valence-electron chi connectivity index (χ2n) is 6.84. The molecule has 0 amide bonds. The smallest absolute Gasteiger partial charge is 0.352 e. The standard InChI is InChI=1S/C17H26F3N5O2S/c1-21-16(23-14-8-9-25(11-14)12-17(18,19)20)22-10-13-4-6-15(7-5-13)28(26,27)24(2)3/h4-7,14H,8-12H2,1-3H3,(H2,21,22,23). The van der Waals surface area contributed by atoms with Gasteiger partial charge < -0.3 is 10.6 Å². The predicted octanol–water partition coefficient (Wildman–Crippen LogP) is 1.24. The van der Waals surface area contributed by atoms with Crippen molar-refractivity contribution < 1.29 is 21.6 Å². The average molecular weight is 421 g/mol. The van der Waals surface area contributed by atoms with Gasteiger partial charge >= 0.3 is 6.18 Å². The first-order chi connectivity index (χ1) is 13.0. The van der Waals surface area contributed by atoms with E-state index in [9.17, 15) is 21.6 Å². The molecular formula is C17H26F3N5O2S. The van der Waals surface area contributed by atoms with Crippen LogP contribution in [0.2, 0.25) is 0 Å². The Morgan fingerprint density at radius 3 is 2.46 bits per heavy atom. The minimum absolute atomic E-state index is 0.110. The van der Waals surface area contributed by atoms with Gasteiger partial charge in [0.2, 0.25) is 10.0 Å². The van der Waals surface area contributed by atoms with Crippen LogP contribution in [0.25, 0.3) is 0 Å². The third-order valence-electron chi connectivity index (χ3n) is 4.40. The molecule has 1 atom stereocenters. The summed E-state index contributed by atoms with van der Waals surface area (Å²) in [5, 5.41) is 6.22. The zero-order valence-electron chi connectivity index (χ0n) is 16.1. The molecule has 0 saturated carbocycles. The quantitative estimate of drug-likeness (QED) is 0.534. The summed E-state index contributed by atoms with van der Waals surface area (Å²) >= 11 is 0. The molecule has 1 fully saturated rings. The van der Waals surface area contributed by atoms with Gasteiger partial charge in [-0.2, -0.15) is 13.2 Å². The molecule has 0 radical (unpaired) electrons. The van der Waals surface area contributed by atoms with Gasteiger partial charge in [0, 0.05) is 46.8 Å². The van der Waals surface area contributed by atoms with Gasteiger partial charge in [-0.15, -0.1) is 0 Å². The molecule has 1 saturated heterocycles. The lowest BCUT2D eigenvalue weighted by molar-refractivity contribution is -0.143. The number of hydrogen-bond donors (Lipinski definition) is 2. The monoisotopic (exact) mass is 421 g/mol. The molecule has 28 heavy (non-hydrogen) atoms. The summed E-state index contributed by atoms with van der Waals surface area (Å²) in [5.41, 5.74) is 0.853. The highest BCUT2D eigenvalue weighted by Gasteiger charge is 2.34. The highest BCUT2D eigenvalue weighted by atomic mass is 32.2. The molecule has 0 aromatic heterocycles. The lowest BCUT2D eigenvalue weighted by Crippen LogP contribution is -2.44. The van der Waals surface area contributed by atoms with Crippen LogP contribution in [0.4, 0.5) is 13.2 Å². The zero-order valence-corrected chi connectivity index (χ0v) is 16.9. The maximum Gasteiger partial charge on any atom is 0.401 e. The van der Waals surface area contributed by atoms with Crippen molar-refractivity contribution in [3.05, 3.63) is 29.8 Å². The lowest BCUT2D eigenvalue weighted by atomic mass is 10.2. The van der Waals surface area contributed by atoms with E-state index in [2.05, 4.69) is 15.6 Å². The summed E-state index contributed by atoms with van der Waals surface area (Å²) in [6.45, 7) is 0.188. The Hall–Kier alpha value is -1.85. The molecule has 1 heterocycles. The first kappa shape index (κ1) is 22.4. The summed E-state index contributed by atoms with van der Waals surface area (Å²) in [6, 6.07) is 6.37. The second kappa shape index (κ2) is 9.10. The molecule has 158 valence electrons. The van der Waals surface area contributed by atoms with Gasteiger partial charge in [0.1, 0.15) is 0 Å². The van der Waals surface area contributed by atoms with Gasteiger partial charge in [-0.3, -0.25) is 9.89 Å². The van der Waals surface area contributed by atoms with E-state index in [4.69, 9.17) is 0 Å². The Morgan fingerprint density at radius 2 is 1.93 bits per heavy atom. The number of guanidine groups is 1. The van der Waals surface area contributed by atoms with Crippen LogP contribution >= 0.6 is 0 Å². The zero-order chi connectivity index (χ0) is 20.9. The molecular weight excluding hydrogens is 395 g/mol. The van der Waals surface area contributed by atoms with Gasteiger partial charge in [-0.05, 0) is 24.1 Å². The van der Waals surface area contributed by atoms with Crippen molar-refractivity contribution in [2.24, 2.45) is 4.99 Å². The van der Waals surface area contributed by atoms with Crippen LogP contribution in [0.5, 0.6) is 0 Å². The fraction of sp³-hybridized carbons (Fsp3) is 0.588. The topological polar surface area (TPSA) is 77.0 Å². The van der Waals surface area contributed by atoms with Crippen LogP contribution < -0.4 is 10.6 Å². The number of nitrogens with one attached hydrogen (secondary N) is 2. The molecule has 1 aliphatic rings. The van der Waals surface area contributed by atoms with Gasteiger partial charge in [0.25, 0.3) is 0 Å². The maximum absolute atomic E-state index is 12.5. The number of sulfonamides is 1. The van der Waals surface area contributed by atoms with Gasteiger partial charge in [-0.25, -0.2) is 12.7 Å². The van der Waals surface area contributed by atoms with Crippen molar-refractivity contribution in [3.8, 4) is 0 Å². The normalized spacial score (nSPS) is 19.2. The Labute approximate surface area is 163 Å². The van der Waals surface area contributed by atoms with Crippen LogP contribution in [-0.4, -0.2) is 76.6 Å². The molecule has 2 N–H and O–H groups in total. The fourth-order valence-corrected chi connectivity index (χ4v) is 3.81. The summed E-state index contributed by atoms with van der Waals surface area (Å²) in [5.74, 6) is 0.490. The van der Waals surface area contributed by atoms with Crippen molar-refractivity contribution in [1.82, 2.24) is 19.8 Å². The van der Waals surface area contributed by atoms with E-state index in [0.717, 1.165) is 9.87 Å². The van der Waals surface area contributed by atoms with Gasteiger partial charge in [-0.1, -0.05) is 12.1 Å². The number of hydrogen-bond acceptors (Lipinski definition) is 4. The number of benzene rings is 1. The largest absolute Gasteiger partial charge is 0.401 e. The molecule has 1 unspecified atom stereocenters. The number of likely N-dealkylation sites (tertiary alicyclic amines) is 1. The fourth-order valence-electron chi connectivity index (χ4n) is 2.91. The minimum Gasteiger partial charge on any atom is -0.352 e. The summed E-state index contributed by atoms with van der Waals surface area (Å²) < 4.78 is 62.7. The molecule has 7 nitrogen and oxygen atoms in total. The summed E-state index contributed by atoms with van der Waals surface area (Å²) in [4.78, 5) is 5.68. The molecule has 0 aliphatic carbocycles. The summed E-state index contributed by atoms with van der Waals surface area (Å²) in [7, 11) is 1.06. The van der Waals surface area contributed by atoms with E-state index in [-0.39, 0.29) is 10.9 Å². The first-order valence-electron chi connectivity index (χ1n) is 8.79. The van der Waals surface area contributed by atoms with Crippen LogP contribution in [0, 0.1) is 0 Å². The second-order valence-corrected chi connectivity index (χ2v) is 8.99. The Bertz CT molecular complexity index is 779. The highest BCUT2D eigenvalue weighted by Crippen LogP contribution is 2.20. The van der Waals surface area contributed by atoms with Gasteiger partial charge in [0.05, 0.1) is 11.4 Å². The van der Waals surface area contributed by atoms with Crippen molar-refractivity contribution >= 4 is 16.0 Å². The van der Waals surface area contributed by atoms with E-state index in [1.54, 1.807) is 19.2 Å². The number of nitrogens with zero attached hydrogens (tertiary/aromatic N) is 3. The van der Waals surface area contributed by atoms with E-state index in [0.29, 0.717) is 32.0 Å². The number of halogens is 3. The van der Waals surface area contributed by atoms with E-state index in [1.165, 1.54) is 31.1 Å². The van der Waals surface area contributed by atoms with Crippen LogP contribution in [0.15, 0.2) is 34.2 Å². The van der Waals surface area contributed by atoms with E-state index in [1.807, 2.05) is 0 Å². The number of alkyl halides is 3. The molecule has 1 aromatic carbocycles. The molecule has 11 heteroatoms. The third-order valence-corrected chi connectivity index (χ3v) is 6.23. The summed E-state index contributed by atoms with van der Waals surface area (Å²) in [6.07, 6.45) is -3.59. The van der Waals surface area contributed by atoms with Crippen molar-refractivity contribution in [3.63, 3.8) is 0 Å². The van der Waals surface area contributed by atoms with Crippen LogP contribution in [-0.2, 0) is 16.6 Å². The maximum atomic E-state index is 12.5. The average Bonchev–Trinajstić information content (AvgIpc) is 3.03. The van der Waals surface area contributed by atoms with Crippen molar-refractivity contribution in [1.29, 1.82) is 0 Å². The molecule has 1 aliphatic heterocycles. The molecule has 0 bridgehead atoms. The van der Waals surface area contributed by atoms with Gasteiger partial charge in [0.15, 0.2) is 5.96 Å². The van der Waals surface area contributed by atoms with Crippen LogP contribution in [0.3, 0.4) is 0 Å². The Kier molecular flexibility index (Phi) is 7.29.